The van der Waals surface area contributed by atoms with Gasteiger partial charge in [0, 0.05) is 23.6 Å². The van der Waals surface area contributed by atoms with Gasteiger partial charge in [-0.3, -0.25) is 0 Å². The Hall–Kier alpha value is -2.35. The molecule has 0 unspecified atom stereocenters. The minimum absolute atomic E-state index is 0.0667. The van der Waals surface area contributed by atoms with Crippen molar-refractivity contribution >= 4 is 23.1 Å². The molecule has 0 aliphatic heterocycles. The van der Waals surface area contributed by atoms with Crippen molar-refractivity contribution in [2.75, 3.05) is 13.2 Å². The molecular weight excluding hydrogens is 331 g/mol. The van der Waals surface area contributed by atoms with E-state index in [-0.39, 0.29) is 6.61 Å². The van der Waals surface area contributed by atoms with Gasteiger partial charge in [0.2, 0.25) is 0 Å². The molecule has 0 fully saturated rings. The fourth-order valence-corrected chi connectivity index (χ4v) is 5.57. The Morgan fingerprint density at radius 1 is 0.760 bits per heavy atom. The van der Waals surface area contributed by atoms with Gasteiger partial charge >= 0.3 is 0 Å². The second-order valence-corrected chi connectivity index (χ2v) is 8.41. The van der Waals surface area contributed by atoms with Crippen molar-refractivity contribution in [1.82, 2.24) is 0 Å². The Labute approximate surface area is 148 Å². The van der Waals surface area contributed by atoms with Crippen molar-refractivity contribution in [3.05, 3.63) is 84.9 Å². The van der Waals surface area contributed by atoms with Crippen molar-refractivity contribution < 1.29 is 14.4 Å². The lowest BCUT2D eigenvalue weighted by Gasteiger charge is -2.22. The fourth-order valence-electron chi connectivity index (χ4n) is 2.79. The topological polar surface area (TPSA) is 46.5 Å². The largest absolute Gasteiger partial charge is 0.493 e. The van der Waals surface area contributed by atoms with E-state index in [4.69, 9.17) is 9.84 Å². The molecule has 0 aliphatic rings. The van der Waals surface area contributed by atoms with Gasteiger partial charge in [0.05, 0.1) is 11.9 Å². The number of aliphatic hydroxyl groups is 1. The molecule has 3 rings (SSSR count). The monoisotopic (exact) mass is 352 g/mol. The summed E-state index contributed by atoms with van der Waals surface area (Å²) in [6, 6.07) is 26.5. The van der Waals surface area contributed by atoms with Crippen molar-refractivity contribution in [3.8, 4) is 5.75 Å². The highest BCUT2D eigenvalue weighted by Crippen LogP contribution is 2.44. The molecule has 0 aliphatic carbocycles. The van der Waals surface area contributed by atoms with Crippen LogP contribution in [0.2, 0.25) is 0 Å². The van der Waals surface area contributed by atoms with Gasteiger partial charge in [0.25, 0.3) is 0 Å². The Balaban J connectivity index is 2.16. The van der Waals surface area contributed by atoms with Crippen LogP contribution in [0.25, 0.3) is 0 Å². The zero-order valence-electron chi connectivity index (χ0n) is 13.9. The highest BCUT2D eigenvalue weighted by molar-refractivity contribution is 7.85. The van der Waals surface area contributed by atoms with Crippen LogP contribution in [0.5, 0.6) is 5.75 Å². The normalized spacial score (nSPS) is 11.2. The molecule has 0 aromatic heterocycles. The van der Waals surface area contributed by atoms with Crippen LogP contribution in [-0.2, 0) is 4.57 Å². The summed E-state index contributed by atoms with van der Waals surface area (Å²) in [4.78, 5) is 0. The summed E-state index contributed by atoms with van der Waals surface area (Å²) in [6.07, 6.45) is 0.537. The Bertz CT molecular complexity index is 804. The first-order valence-electron chi connectivity index (χ1n) is 8.31. The maximum absolute atomic E-state index is 14.3. The van der Waals surface area contributed by atoms with Crippen LogP contribution in [0.4, 0.5) is 0 Å². The minimum Gasteiger partial charge on any atom is -0.493 e. The van der Waals surface area contributed by atoms with Gasteiger partial charge < -0.3 is 14.4 Å². The summed E-state index contributed by atoms with van der Waals surface area (Å²) in [5.74, 6) is 0.604. The zero-order valence-corrected chi connectivity index (χ0v) is 14.8. The molecule has 1 N–H and O–H groups in total. The number of para-hydroxylation sites is 1. The molecule has 128 valence electrons. The number of benzene rings is 3. The predicted molar refractivity (Wildman–Crippen MR) is 103 cm³/mol. The van der Waals surface area contributed by atoms with E-state index in [9.17, 15) is 4.57 Å². The van der Waals surface area contributed by atoms with Crippen molar-refractivity contribution in [2.24, 2.45) is 0 Å². The Morgan fingerprint density at radius 3 is 1.84 bits per heavy atom. The van der Waals surface area contributed by atoms with Gasteiger partial charge in [-0.25, -0.2) is 0 Å². The lowest BCUT2D eigenvalue weighted by atomic mass is 10.3. The first-order valence-corrected chi connectivity index (χ1v) is 10.0. The van der Waals surface area contributed by atoms with Gasteiger partial charge in [0.15, 0.2) is 7.14 Å². The highest BCUT2D eigenvalue weighted by atomic mass is 31.2. The van der Waals surface area contributed by atoms with Gasteiger partial charge in [-0.2, -0.15) is 0 Å². The molecule has 0 spiro atoms. The van der Waals surface area contributed by atoms with E-state index in [2.05, 4.69) is 0 Å². The lowest BCUT2D eigenvalue weighted by molar-refractivity contribution is 0.234. The van der Waals surface area contributed by atoms with E-state index >= 15 is 0 Å². The smallest absolute Gasteiger partial charge is 0.174 e. The molecule has 25 heavy (non-hydrogen) atoms. The molecule has 4 heteroatoms. The molecular formula is C21H21O3P. The average Bonchev–Trinajstić information content (AvgIpc) is 2.69. The number of hydrogen-bond acceptors (Lipinski definition) is 3. The van der Waals surface area contributed by atoms with Crippen LogP contribution in [0.15, 0.2) is 84.9 Å². The molecule has 3 aromatic carbocycles. The fraction of sp³-hybridized carbons (Fsp3) is 0.143. The minimum atomic E-state index is -3.05. The van der Waals surface area contributed by atoms with Crippen LogP contribution in [0, 0.1) is 0 Å². The average molecular weight is 352 g/mol. The third-order valence-electron chi connectivity index (χ3n) is 4.00. The van der Waals surface area contributed by atoms with Crippen LogP contribution in [0.3, 0.4) is 0 Å². The molecule has 3 nitrogen and oxygen atoms in total. The maximum Gasteiger partial charge on any atom is 0.174 e. The summed E-state index contributed by atoms with van der Waals surface area (Å²) < 4.78 is 20.2. The van der Waals surface area contributed by atoms with Crippen LogP contribution in [-0.4, -0.2) is 18.3 Å². The maximum atomic E-state index is 14.3. The van der Waals surface area contributed by atoms with Crippen molar-refractivity contribution in [2.45, 2.75) is 6.42 Å². The second kappa shape index (κ2) is 8.15. The first-order chi connectivity index (χ1) is 12.3. The van der Waals surface area contributed by atoms with Crippen LogP contribution < -0.4 is 20.7 Å². The van der Waals surface area contributed by atoms with Crippen molar-refractivity contribution in [1.29, 1.82) is 0 Å². The Morgan fingerprint density at radius 2 is 1.28 bits per heavy atom. The van der Waals surface area contributed by atoms with E-state index in [0.29, 0.717) is 24.1 Å². The number of aliphatic hydroxyl groups excluding tert-OH is 1. The standard InChI is InChI=1S/C21H21O3P/c22-16-9-17-24-20-14-7-8-15-21(20)25(23,18-10-3-1-4-11-18)19-12-5-2-6-13-19/h1-8,10-15,22H,9,16-17H2. The first kappa shape index (κ1) is 17.5. The van der Waals surface area contributed by atoms with E-state index in [1.54, 1.807) is 0 Å². The predicted octanol–water partition coefficient (Wildman–Crippen LogP) is 3.09. The third kappa shape index (κ3) is 3.68. The summed E-state index contributed by atoms with van der Waals surface area (Å²) in [5.41, 5.74) is 0. The molecule has 0 radical (unpaired) electrons. The van der Waals surface area contributed by atoms with Crippen LogP contribution in [0.1, 0.15) is 6.42 Å². The van der Waals surface area contributed by atoms with E-state index in [1.165, 1.54) is 0 Å². The second-order valence-electron chi connectivity index (χ2n) is 5.67. The molecule has 3 aromatic rings. The zero-order chi connectivity index (χ0) is 17.5. The highest BCUT2D eigenvalue weighted by Gasteiger charge is 2.32. The summed E-state index contributed by atoms with van der Waals surface area (Å²) in [6.45, 7) is 0.453. The van der Waals surface area contributed by atoms with E-state index in [1.807, 2.05) is 84.9 Å². The van der Waals surface area contributed by atoms with E-state index in [0.717, 1.165) is 10.6 Å². The molecule has 0 atom stereocenters. The summed E-state index contributed by atoms with van der Waals surface area (Å²) in [7, 11) is -3.05. The Kier molecular flexibility index (Phi) is 5.70. The van der Waals surface area contributed by atoms with Crippen LogP contribution >= 0.6 is 7.14 Å². The summed E-state index contributed by atoms with van der Waals surface area (Å²) >= 11 is 0. The number of hydrogen-bond donors (Lipinski definition) is 1. The number of ether oxygens (including phenoxy) is 1. The SMILES string of the molecule is O=P(c1ccccc1)(c1ccccc1)c1ccccc1OCCCO. The third-order valence-corrected chi connectivity index (χ3v) is 7.10. The summed E-state index contributed by atoms with van der Waals surface area (Å²) in [5, 5.41) is 11.2. The van der Waals surface area contributed by atoms with Gasteiger partial charge in [-0.05, 0) is 12.1 Å². The van der Waals surface area contributed by atoms with Gasteiger partial charge in [-0.15, -0.1) is 0 Å². The molecule has 0 bridgehead atoms. The van der Waals surface area contributed by atoms with Gasteiger partial charge in [0.1, 0.15) is 5.75 Å². The van der Waals surface area contributed by atoms with E-state index < -0.39 is 7.14 Å². The number of rotatable bonds is 7. The molecule has 0 amide bonds. The van der Waals surface area contributed by atoms with Gasteiger partial charge in [-0.1, -0.05) is 72.8 Å². The van der Waals surface area contributed by atoms with Crippen molar-refractivity contribution in [3.63, 3.8) is 0 Å². The molecule has 0 saturated heterocycles. The molecule has 0 saturated carbocycles. The quantitative estimate of drug-likeness (QED) is 0.525. The lowest BCUT2D eigenvalue weighted by Crippen LogP contribution is -2.26. The molecule has 0 heterocycles.